The number of aliphatic hydroxyl groups is 1. The van der Waals surface area contributed by atoms with Crippen LogP contribution in [0.3, 0.4) is 0 Å². The molecular weight excluding hydrogens is 695 g/mol. The molecule has 0 bridgehead atoms. The maximum Gasteiger partial charge on any atom is 0.452 e. The first-order valence-electron chi connectivity index (χ1n) is 16.3. The summed E-state index contributed by atoms with van der Waals surface area (Å²) < 4.78 is 88.5. The van der Waals surface area contributed by atoms with Crippen LogP contribution in [0.5, 0.6) is 11.8 Å². The molecule has 0 saturated heterocycles. The summed E-state index contributed by atoms with van der Waals surface area (Å²) in [6.45, 7) is 7.00. The van der Waals surface area contributed by atoms with E-state index in [9.17, 15) is 31.5 Å². The van der Waals surface area contributed by atoms with E-state index in [0.29, 0.717) is 35.1 Å². The zero-order valence-corrected chi connectivity index (χ0v) is 29.4. The number of benzene rings is 1. The number of pyridine rings is 2. The number of alkyl halides is 3. The first-order chi connectivity index (χ1) is 24.1. The quantitative estimate of drug-likeness (QED) is 0.216. The molecule has 51 heavy (non-hydrogen) atoms. The minimum absolute atomic E-state index is 0.0507. The van der Waals surface area contributed by atoms with Gasteiger partial charge in [0.1, 0.15) is 11.5 Å². The average Bonchev–Trinajstić information content (AvgIpc) is 3.51. The lowest BCUT2D eigenvalue weighted by molar-refractivity contribution is -0.147. The highest BCUT2D eigenvalue weighted by molar-refractivity contribution is 7.89. The Morgan fingerprint density at radius 1 is 1.08 bits per heavy atom. The fraction of sp³-hybridized carbons (Fsp3) is 0.471. The van der Waals surface area contributed by atoms with Crippen LogP contribution in [-0.4, -0.2) is 88.1 Å². The number of carboxylic acids is 1. The highest BCUT2D eigenvalue weighted by Crippen LogP contribution is 2.44. The lowest BCUT2D eigenvalue weighted by Gasteiger charge is -2.33. The van der Waals surface area contributed by atoms with Crippen molar-refractivity contribution in [3.63, 3.8) is 0 Å². The van der Waals surface area contributed by atoms with Crippen LogP contribution in [0, 0.1) is 19.3 Å². The molecule has 0 radical (unpaired) electrons. The van der Waals surface area contributed by atoms with E-state index in [1.807, 2.05) is 0 Å². The van der Waals surface area contributed by atoms with Crippen molar-refractivity contribution >= 4 is 21.6 Å². The van der Waals surface area contributed by atoms with Crippen molar-refractivity contribution in [3.8, 4) is 11.8 Å². The molecule has 1 atom stereocenters. The predicted molar refractivity (Wildman–Crippen MR) is 177 cm³/mol. The highest BCUT2D eigenvalue weighted by Gasteiger charge is 2.42. The second-order valence-electron chi connectivity index (χ2n) is 12.8. The number of carbonyl (C=O) groups is 1. The Bertz CT molecular complexity index is 2000. The number of carboxylic acid groups (broad SMARTS) is 1. The van der Waals surface area contributed by atoms with Crippen LogP contribution < -0.4 is 9.47 Å². The molecule has 17 heteroatoms. The summed E-state index contributed by atoms with van der Waals surface area (Å²) in [6.07, 6.45) is -2.85. The van der Waals surface area contributed by atoms with Crippen LogP contribution >= 0.6 is 0 Å². The molecular formula is C34H40F3N5O8S. The number of sulfonamides is 1. The second kappa shape index (κ2) is 15.1. The molecule has 276 valence electrons. The van der Waals surface area contributed by atoms with Gasteiger partial charge in [-0.1, -0.05) is 18.2 Å². The van der Waals surface area contributed by atoms with Gasteiger partial charge < -0.3 is 24.4 Å². The van der Waals surface area contributed by atoms with Gasteiger partial charge in [0, 0.05) is 50.9 Å². The summed E-state index contributed by atoms with van der Waals surface area (Å²) in [6, 6.07) is 9.47. The SMILES string of the molecule is Cc1ccc([C@H](c2ccn3c(C(F)(F)F)nnc3c2C)C(C)(C)C(=O)O)cc1CN1CCCOCCOc2nc(OCCCO)ccc2S1(=O)=O. The van der Waals surface area contributed by atoms with Crippen LogP contribution in [0.4, 0.5) is 13.2 Å². The first-order valence-corrected chi connectivity index (χ1v) is 17.7. The molecule has 2 N–H and O–H groups in total. The Balaban J connectivity index is 1.58. The minimum Gasteiger partial charge on any atom is -0.481 e. The minimum atomic E-state index is -4.76. The molecule has 0 saturated carbocycles. The van der Waals surface area contributed by atoms with E-state index in [-0.39, 0.29) is 68.4 Å². The molecule has 13 nitrogen and oxygen atoms in total. The van der Waals surface area contributed by atoms with Crippen LogP contribution in [0.15, 0.2) is 47.5 Å². The number of aliphatic hydroxyl groups excluding tert-OH is 1. The van der Waals surface area contributed by atoms with Gasteiger partial charge >= 0.3 is 12.1 Å². The third kappa shape index (κ3) is 7.95. The largest absolute Gasteiger partial charge is 0.481 e. The molecule has 0 spiro atoms. The fourth-order valence-electron chi connectivity index (χ4n) is 6.04. The number of rotatable bonds is 10. The highest BCUT2D eigenvalue weighted by atomic mass is 32.2. The van der Waals surface area contributed by atoms with Gasteiger partial charge in [-0.2, -0.15) is 22.5 Å². The van der Waals surface area contributed by atoms with E-state index in [0.717, 1.165) is 9.96 Å². The van der Waals surface area contributed by atoms with Gasteiger partial charge in [0.25, 0.3) is 0 Å². The Hall–Kier alpha value is -4.32. The van der Waals surface area contributed by atoms with E-state index >= 15 is 0 Å². The van der Waals surface area contributed by atoms with Crippen molar-refractivity contribution in [1.29, 1.82) is 0 Å². The maximum atomic E-state index is 14.3. The van der Waals surface area contributed by atoms with Crippen LogP contribution in [0.1, 0.15) is 66.2 Å². The number of hydrogen-bond donors (Lipinski definition) is 2. The lowest BCUT2D eigenvalue weighted by Crippen LogP contribution is -2.34. The van der Waals surface area contributed by atoms with Gasteiger partial charge in [-0.15, -0.1) is 10.2 Å². The van der Waals surface area contributed by atoms with Gasteiger partial charge in [-0.25, -0.2) is 8.42 Å². The van der Waals surface area contributed by atoms with E-state index in [2.05, 4.69) is 15.2 Å². The van der Waals surface area contributed by atoms with Crippen molar-refractivity contribution in [2.75, 3.05) is 39.6 Å². The van der Waals surface area contributed by atoms with Gasteiger partial charge in [0.2, 0.25) is 27.6 Å². The zero-order valence-electron chi connectivity index (χ0n) is 28.6. The van der Waals surface area contributed by atoms with Crippen LogP contribution in [0.25, 0.3) is 5.65 Å². The Labute approximate surface area is 293 Å². The molecule has 3 aromatic heterocycles. The Morgan fingerprint density at radius 2 is 1.84 bits per heavy atom. The predicted octanol–water partition coefficient (Wildman–Crippen LogP) is 4.75. The first kappa shape index (κ1) is 37.9. The molecule has 0 fully saturated rings. The normalized spacial score (nSPS) is 16.5. The van der Waals surface area contributed by atoms with E-state index < -0.39 is 39.3 Å². The van der Waals surface area contributed by atoms with Crippen molar-refractivity contribution in [2.45, 2.75) is 64.1 Å². The molecule has 4 aromatic rings. The van der Waals surface area contributed by atoms with Crippen LogP contribution in [-0.2, 0) is 32.3 Å². The fourth-order valence-corrected chi connectivity index (χ4v) is 7.56. The average molecular weight is 736 g/mol. The topological polar surface area (TPSA) is 166 Å². The third-order valence-corrected chi connectivity index (χ3v) is 10.7. The van der Waals surface area contributed by atoms with Crippen molar-refractivity contribution in [2.24, 2.45) is 5.41 Å². The van der Waals surface area contributed by atoms with Crippen molar-refractivity contribution in [3.05, 3.63) is 76.2 Å². The smallest absolute Gasteiger partial charge is 0.452 e. The van der Waals surface area contributed by atoms with Gasteiger partial charge in [-0.05, 0) is 74.1 Å². The van der Waals surface area contributed by atoms with Gasteiger partial charge in [-0.3, -0.25) is 9.20 Å². The van der Waals surface area contributed by atoms with E-state index in [1.54, 1.807) is 32.0 Å². The summed E-state index contributed by atoms with van der Waals surface area (Å²) >= 11 is 0. The number of hydrogen-bond acceptors (Lipinski definition) is 10. The van der Waals surface area contributed by atoms with Crippen molar-refractivity contribution in [1.82, 2.24) is 23.9 Å². The second-order valence-corrected chi connectivity index (χ2v) is 14.7. The van der Waals surface area contributed by atoms with E-state index in [4.69, 9.17) is 19.3 Å². The summed E-state index contributed by atoms with van der Waals surface area (Å²) in [4.78, 5) is 16.8. The Kier molecular flexibility index (Phi) is 11.2. The molecule has 1 aromatic carbocycles. The molecule has 4 heterocycles. The third-order valence-electron chi connectivity index (χ3n) is 8.89. The molecule has 1 aliphatic heterocycles. The van der Waals surface area contributed by atoms with Crippen LogP contribution in [0.2, 0.25) is 0 Å². The molecule has 5 rings (SSSR count). The summed E-state index contributed by atoms with van der Waals surface area (Å²) in [5.74, 6) is -3.27. The molecule has 0 amide bonds. The molecule has 1 aliphatic rings. The standard InChI is InChI=1S/C34H40F3N5O8S/c1-21-7-8-23(28(33(3,4)32(44)45)25-11-13-42-29(22(25)2)39-40-31(42)34(35,36)37)19-24(21)20-41-12-5-15-48-17-18-50-30-26(51(41,46)47)9-10-27(38-30)49-16-6-14-43/h7-11,13,19,28,43H,5-6,12,14-18,20H2,1-4H3,(H,44,45)/t28-/m1/s1. The van der Waals surface area contributed by atoms with Gasteiger partial charge in [0.05, 0.1) is 18.6 Å². The number of ether oxygens (including phenoxy) is 3. The number of nitrogens with zero attached hydrogens (tertiary/aromatic N) is 5. The summed E-state index contributed by atoms with van der Waals surface area (Å²) in [5.41, 5.74) is 1.04. The summed E-state index contributed by atoms with van der Waals surface area (Å²) in [7, 11) is -4.23. The molecule has 0 unspecified atom stereocenters. The zero-order chi connectivity index (χ0) is 37.1. The van der Waals surface area contributed by atoms with E-state index in [1.165, 1.54) is 42.5 Å². The van der Waals surface area contributed by atoms with Crippen molar-refractivity contribution < 1.29 is 50.8 Å². The number of halogens is 3. The number of fused-ring (bicyclic) bond motifs is 2. The Morgan fingerprint density at radius 3 is 2.55 bits per heavy atom. The lowest BCUT2D eigenvalue weighted by atomic mass is 9.70. The maximum absolute atomic E-state index is 14.3. The number of aryl methyl sites for hydroxylation is 2. The molecule has 0 aliphatic carbocycles. The number of aromatic nitrogens is 4. The number of aliphatic carboxylic acids is 1. The monoisotopic (exact) mass is 735 g/mol. The summed E-state index contributed by atoms with van der Waals surface area (Å²) in [5, 5.41) is 26.6. The van der Waals surface area contributed by atoms with Gasteiger partial charge in [0.15, 0.2) is 5.65 Å².